The number of hydrogen-bond acceptors (Lipinski definition) is 4. The molecule has 2 N–H and O–H groups in total. The first-order valence-corrected chi connectivity index (χ1v) is 8.33. The second-order valence-corrected chi connectivity index (χ2v) is 6.61. The summed E-state index contributed by atoms with van der Waals surface area (Å²) in [6.45, 7) is 5.76. The van der Waals surface area contributed by atoms with Crippen LogP contribution in [-0.4, -0.2) is 34.3 Å². The van der Waals surface area contributed by atoms with Crippen LogP contribution in [0.4, 0.5) is 0 Å². The summed E-state index contributed by atoms with van der Waals surface area (Å²) in [6.07, 6.45) is 1.17. The van der Waals surface area contributed by atoms with E-state index in [4.69, 9.17) is 22.1 Å². The highest BCUT2D eigenvalue weighted by atomic mass is 35.5. The molecule has 6 heteroatoms. The Kier molecular flexibility index (Phi) is 4.90. The Labute approximate surface area is 142 Å². The van der Waals surface area contributed by atoms with E-state index in [0.29, 0.717) is 10.9 Å². The number of hydrogen-bond donors (Lipinski definition) is 1. The smallest absolute Gasteiger partial charge is 0.222 e. The van der Waals surface area contributed by atoms with Gasteiger partial charge in [0.15, 0.2) is 0 Å². The highest BCUT2D eigenvalue weighted by molar-refractivity contribution is 6.30. The van der Waals surface area contributed by atoms with E-state index < -0.39 is 0 Å². The van der Waals surface area contributed by atoms with Gasteiger partial charge >= 0.3 is 0 Å². The molecule has 3 rings (SSSR count). The largest absolute Gasteiger partial charge is 0.439 e. The minimum Gasteiger partial charge on any atom is -0.439 e. The van der Waals surface area contributed by atoms with Gasteiger partial charge in [-0.25, -0.2) is 4.68 Å². The molecule has 0 spiro atoms. The number of ether oxygens (including phenoxy) is 1. The van der Waals surface area contributed by atoms with Crippen molar-refractivity contribution in [1.82, 2.24) is 14.7 Å². The molecule has 0 bridgehead atoms. The lowest BCUT2D eigenvalue weighted by atomic mass is 10.1. The first kappa shape index (κ1) is 16.3. The molecule has 0 amide bonds. The third-order valence-corrected chi connectivity index (χ3v) is 4.65. The van der Waals surface area contributed by atoms with Gasteiger partial charge in [0, 0.05) is 25.2 Å². The SMILES string of the molecule is Cc1nn(C)c(Oc2ccc(Cl)cc2)c1CN1CCC(CN)C1. The number of likely N-dealkylation sites (tertiary alicyclic amines) is 1. The lowest BCUT2D eigenvalue weighted by Gasteiger charge is -2.17. The van der Waals surface area contributed by atoms with Crippen LogP contribution in [0, 0.1) is 12.8 Å². The Bertz CT molecular complexity index is 668. The van der Waals surface area contributed by atoms with E-state index in [-0.39, 0.29) is 0 Å². The van der Waals surface area contributed by atoms with Crippen LogP contribution < -0.4 is 10.5 Å². The van der Waals surface area contributed by atoms with Gasteiger partial charge in [-0.2, -0.15) is 5.10 Å². The summed E-state index contributed by atoms with van der Waals surface area (Å²) in [6, 6.07) is 7.39. The predicted octanol–water partition coefficient (Wildman–Crippen LogP) is 2.95. The zero-order valence-corrected chi connectivity index (χ0v) is 14.4. The van der Waals surface area contributed by atoms with Crippen molar-refractivity contribution < 1.29 is 4.74 Å². The van der Waals surface area contributed by atoms with Crippen molar-refractivity contribution in [3.63, 3.8) is 0 Å². The molecule has 0 aliphatic carbocycles. The molecule has 1 aliphatic rings. The monoisotopic (exact) mass is 334 g/mol. The molecular formula is C17H23ClN4O. The minimum absolute atomic E-state index is 0.604. The summed E-state index contributed by atoms with van der Waals surface area (Å²) in [5, 5.41) is 5.22. The number of aromatic nitrogens is 2. The fraction of sp³-hybridized carbons (Fsp3) is 0.471. The van der Waals surface area contributed by atoms with Gasteiger partial charge in [-0.05, 0) is 56.6 Å². The van der Waals surface area contributed by atoms with Crippen LogP contribution in [0.5, 0.6) is 11.6 Å². The van der Waals surface area contributed by atoms with Crippen molar-refractivity contribution in [3.8, 4) is 11.6 Å². The molecule has 1 aliphatic heterocycles. The van der Waals surface area contributed by atoms with Gasteiger partial charge in [-0.3, -0.25) is 4.90 Å². The average molecular weight is 335 g/mol. The molecule has 2 heterocycles. The Balaban J connectivity index is 1.79. The molecule has 1 unspecified atom stereocenters. The molecule has 1 saturated heterocycles. The topological polar surface area (TPSA) is 56.3 Å². The first-order chi connectivity index (χ1) is 11.1. The molecule has 2 aromatic rings. The molecule has 1 aromatic carbocycles. The van der Waals surface area contributed by atoms with Gasteiger partial charge in [0.05, 0.1) is 11.3 Å². The number of halogens is 1. The van der Waals surface area contributed by atoms with E-state index in [1.165, 1.54) is 6.42 Å². The van der Waals surface area contributed by atoms with E-state index in [2.05, 4.69) is 10.00 Å². The molecule has 5 nitrogen and oxygen atoms in total. The summed E-state index contributed by atoms with van der Waals surface area (Å²) < 4.78 is 7.87. The third-order valence-electron chi connectivity index (χ3n) is 4.40. The molecule has 0 radical (unpaired) electrons. The number of aryl methyl sites for hydroxylation is 2. The number of rotatable bonds is 5. The van der Waals surface area contributed by atoms with E-state index in [0.717, 1.165) is 49.1 Å². The lowest BCUT2D eigenvalue weighted by molar-refractivity contribution is 0.310. The van der Waals surface area contributed by atoms with E-state index in [9.17, 15) is 0 Å². The van der Waals surface area contributed by atoms with Crippen molar-refractivity contribution >= 4 is 11.6 Å². The summed E-state index contributed by atoms with van der Waals surface area (Å²) in [7, 11) is 1.91. The van der Waals surface area contributed by atoms with Crippen molar-refractivity contribution in [3.05, 3.63) is 40.5 Å². The minimum atomic E-state index is 0.604. The van der Waals surface area contributed by atoms with E-state index >= 15 is 0 Å². The highest BCUT2D eigenvalue weighted by Crippen LogP contribution is 2.30. The summed E-state index contributed by atoms with van der Waals surface area (Å²) in [4.78, 5) is 2.43. The van der Waals surface area contributed by atoms with Gasteiger partial charge in [0.1, 0.15) is 5.75 Å². The van der Waals surface area contributed by atoms with Crippen LogP contribution in [0.1, 0.15) is 17.7 Å². The number of nitrogens with two attached hydrogens (primary N) is 1. The Morgan fingerprint density at radius 2 is 2.09 bits per heavy atom. The van der Waals surface area contributed by atoms with Crippen LogP contribution >= 0.6 is 11.6 Å². The number of benzene rings is 1. The maximum absolute atomic E-state index is 6.07. The average Bonchev–Trinajstić information content (AvgIpc) is 3.09. The van der Waals surface area contributed by atoms with Crippen molar-refractivity contribution in [2.24, 2.45) is 18.7 Å². The van der Waals surface area contributed by atoms with Gasteiger partial charge in [0.25, 0.3) is 0 Å². The van der Waals surface area contributed by atoms with Crippen LogP contribution in [0.3, 0.4) is 0 Å². The van der Waals surface area contributed by atoms with Crippen LogP contribution in [-0.2, 0) is 13.6 Å². The summed E-state index contributed by atoms with van der Waals surface area (Å²) in [5.74, 6) is 2.16. The fourth-order valence-corrected chi connectivity index (χ4v) is 3.20. The molecule has 0 saturated carbocycles. The zero-order chi connectivity index (χ0) is 16.4. The Hall–Kier alpha value is -1.56. The molecule has 1 aromatic heterocycles. The van der Waals surface area contributed by atoms with Crippen molar-refractivity contribution in [2.75, 3.05) is 19.6 Å². The first-order valence-electron chi connectivity index (χ1n) is 7.95. The molecule has 1 fully saturated rings. The predicted molar refractivity (Wildman–Crippen MR) is 91.9 cm³/mol. The second kappa shape index (κ2) is 6.91. The molecule has 124 valence electrons. The highest BCUT2D eigenvalue weighted by Gasteiger charge is 2.24. The van der Waals surface area contributed by atoms with Gasteiger partial charge in [-0.1, -0.05) is 11.6 Å². The van der Waals surface area contributed by atoms with Crippen LogP contribution in [0.2, 0.25) is 5.02 Å². The maximum Gasteiger partial charge on any atom is 0.222 e. The second-order valence-electron chi connectivity index (χ2n) is 6.17. The zero-order valence-electron chi connectivity index (χ0n) is 13.6. The lowest BCUT2D eigenvalue weighted by Crippen LogP contribution is -2.23. The van der Waals surface area contributed by atoms with Gasteiger partial charge < -0.3 is 10.5 Å². The summed E-state index contributed by atoms with van der Waals surface area (Å²) >= 11 is 5.93. The Morgan fingerprint density at radius 1 is 1.35 bits per heavy atom. The summed E-state index contributed by atoms with van der Waals surface area (Å²) in [5.41, 5.74) is 7.94. The van der Waals surface area contributed by atoms with Gasteiger partial charge in [-0.15, -0.1) is 0 Å². The van der Waals surface area contributed by atoms with E-state index in [1.54, 1.807) is 4.68 Å². The molecular weight excluding hydrogens is 312 g/mol. The number of nitrogens with zero attached hydrogens (tertiary/aromatic N) is 3. The Morgan fingerprint density at radius 3 is 2.74 bits per heavy atom. The van der Waals surface area contributed by atoms with E-state index in [1.807, 2.05) is 38.2 Å². The normalized spacial score (nSPS) is 18.5. The van der Waals surface area contributed by atoms with Crippen molar-refractivity contribution in [1.29, 1.82) is 0 Å². The standard InChI is InChI=1S/C17H23ClN4O/c1-12-16(11-22-8-7-13(9-19)10-22)17(21(2)20-12)23-15-5-3-14(18)4-6-15/h3-6,13H,7-11,19H2,1-2H3. The van der Waals surface area contributed by atoms with Crippen LogP contribution in [0.25, 0.3) is 0 Å². The van der Waals surface area contributed by atoms with Crippen molar-refractivity contribution in [2.45, 2.75) is 19.9 Å². The maximum atomic E-state index is 6.07. The molecule has 23 heavy (non-hydrogen) atoms. The molecule has 1 atom stereocenters. The fourth-order valence-electron chi connectivity index (χ4n) is 3.08. The van der Waals surface area contributed by atoms with Gasteiger partial charge in [0.2, 0.25) is 5.88 Å². The van der Waals surface area contributed by atoms with Crippen LogP contribution in [0.15, 0.2) is 24.3 Å². The third kappa shape index (κ3) is 3.68. The quantitative estimate of drug-likeness (QED) is 0.913.